The van der Waals surface area contributed by atoms with Crippen LogP contribution in [0.4, 0.5) is 0 Å². The molecule has 0 spiro atoms. The van der Waals surface area contributed by atoms with Crippen molar-refractivity contribution in [2.24, 2.45) is 0 Å². The molecule has 0 aliphatic carbocycles. The maximum Gasteiger partial charge on any atom is 0.142 e. The quantitative estimate of drug-likeness (QED) is 0.351. The van der Waals surface area contributed by atoms with E-state index in [0.717, 1.165) is 12.8 Å². The molecule has 0 rings (SSSR count). The molecule has 0 aliphatic rings. The SMILES string of the molecule is CCCCCCCCC(O)/C=C/C=O. The van der Waals surface area contributed by atoms with Crippen LogP contribution in [0.25, 0.3) is 0 Å². The first-order chi connectivity index (χ1) is 6.81. The summed E-state index contributed by atoms with van der Waals surface area (Å²) >= 11 is 0. The number of carbonyl (C=O) groups is 1. The molecule has 0 aliphatic heterocycles. The molecular weight excluding hydrogens is 176 g/mol. The van der Waals surface area contributed by atoms with Gasteiger partial charge < -0.3 is 5.11 Å². The van der Waals surface area contributed by atoms with E-state index < -0.39 is 6.10 Å². The second kappa shape index (κ2) is 10.5. The molecule has 0 saturated heterocycles. The van der Waals surface area contributed by atoms with E-state index in [1.807, 2.05) is 0 Å². The molecule has 14 heavy (non-hydrogen) atoms. The van der Waals surface area contributed by atoms with Gasteiger partial charge in [0.1, 0.15) is 6.29 Å². The van der Waals surface area contributed by atoms with Gasteiger partial charge in [-0.2, -0.15) is 0 Å². The fraction of sp³-hybridized carbons (Fsp3) is 0.750. The maximum atomic E-state index is 9.96. The van der Waals surface area contributed by atoms with Crippen molar-refractivity contribution < 1.29 is 9.90 Å². The lowest BCUT2D eigenvalue weighted by atomic mass is 10.1. The lowest BCUT2D eigenvalue weighted by Gasteiger charge is -2.04. The van der Waals surface area contributed by atoms with Crippen LogP contribution in [0.2, 0.25) is 0 Å². The van der Waals surface area contributed by atoms with Gasteiger partial charge in [0.05, 0.1) is 6.10 Å². The molecule has 2 heteroatoms. The van der Waals surface area contributed by atoms with Gasteiger partial charge in [-0.25, -0.2) is 0 Å². The second-order valence-electron chi connectivity index (χ2n) is 3.64. The van der Waals surface area contributed by atoms with Crippen molar-refractivity contribution in [1.82, 2.24) is 0 Å². The second-order valence-corrected chi connectivity index (χ2v) is 3.64. The molecule has 82 valence electrons. The molecule has 1 unspecified atom stereocenters. The predicted molar refractivity (Wildman–Crippen MR) is 59.2 cm³/mol. The Kier molecular flexibility index (Phi) is 9.98. The fourth-order valence-electron chi connectivity index (χ4n) is 1.40. The highest BCUT2D eigenvalue weighted by atomic mass is 16.3. The van der Waals surface area contributed by atoms with E-state index >= 15 is 0 Å². The number of carbonyl (C=O) groups excluding carboxylic acids is 1. The third kappa shape index (κ3) is 9.46. The molecule has 0 saturated carbocycles. The summed E-state index contributed by atoms with van der Waals surface area (Å²) in [4.78, 5) is 9.96. The van der Waals surface area contributed by atoms with Crippen LogP contribution >= 0.6 is 0 Å². The third-order valence-corrected chi connectivity index (χ3v) is 2.27. The zero-order chi connectivity index (χ0) is 10.6. The minimum Gasteiger partial charge on any atom is -0.389 e. The van der Waals surface area contributed by atoms with E-state index in [0.29, 0.717) is 6.29 Å². The molecule has 0 aromatic carbocycles. The largest absolute Gasteiger partial charge is 0.389 e. The van der Waals surface area contributed by atoms with Crippen LogP contribution in [-0.2, 0) is 4.79 Å². The monoisotopic (exact) mass is 198 g/mol. The Labute approximate surface area is 87.0 Å². The Bertz CT molecular complexity index is 152. The summed E-state index contributed by atoms with van der Waals surface area (Å²) in [5, 5.41) is 9.34. The highest BCUT2D eigenvalue weighted by molar-refractivity contribution is 5.64. The van der Waals surface area contributed by atoms with Crippen molar-refractivity contribution in [3.05, 3.63) is 12.2 Å². The summed E-state index contributed by atoms with van der Waals surface area (Å²) in [6.45, 7) is 2.20. The first kappa shape index (κ1) is 13.4. The number of hydrogen-bond donors (Lipinski definition) is 1. The Morgan fingerprint density at radius 3 is 2.43 bits per heavy atom. The van der Waals surface area contributed by atoms with Gasteiger partial charge in [0.25, 0.3) is 0 Å². The molecule has 1 N–H and O–H groups in total. The van der Waals surface area contributed by atoms with Crippen molar-refractivity contribution in [3.8, 4) is 0 Å². The van der Waals surface area contributed by atoms with E-state index in [2.05, 4.69) is 6.92 Å². The molecule has 0 radical (unpaired) electrons. The zero-order valence-corrected chi connectivity index (χ0v) is 9.11. The number of allylic oxidation sites excluding steroid dienone is 1. The summed E-state index contributed by atoms with van der Waals surface area (Å²) in [5.74, 6) is 0. The van der Waals surface area contributed by atoms with Gasteiger partial charge >= 0.3 is 0 Å². The van der Waals surface area contributed by atoms with Crippen molar-refractivity contribution in [2.45, 2.75) is 58.0 Å². The summed E-state index contributed by atoms with van der Waals surface area (Å²) < 4.78 is 0. The van der Waals surface area contributed by atoms with Gasteiger partial charge in [-0.1, -0.05) is 51.5 Å². The molecule has 0 aromatic heterocycles. The Morgan fingerprint density at radius 2 is 1.79 bits per heavy atom. The van der Waals surface area contributed by atoms with Gasteiger partial charge in [0.2, 0.25) is 0 Å². The van der Waals surface area contributed by atoms with Crippen LogP contribution < -0.4 is 0 Å². The zero-order valence-electron chi connectivity index (χ0n) is 9.11. The summed E-state index contributed by atoms with van der Waals surface area (Å²) in [7, 11) is 0. The number of aliphatic hydroxyl groups is 1. The molecule has 0 aromatic rings. The highest BCUT2D eigenvalue weighted by Gasteiger charge is 1.97. The van der Waals surface area contributed by atoms with E-state index in [9.17, 15) is 9.90 Å². The van der Waals surface area contributed by atoms with E-state index in [-0.39, 0.29) is 0 Å². The van der Waals surface area contributed by atoms with Crippen LogP contribution in [0.3, 0.4) is 0 Å². The van der Waals surface area contributed by atoms with Gasteiger partial charge in [-0.15, -0.1) is 0 Å². The van der Waals surface area contributed by atoms with Crippen LogP contribution in [0.5, 0.6) is 0 Å². The summed E-state index contributed by atoms with van der Waals surface area (Å²) in [6, 6.07) is 0. The van der Waals surface area contributed by atoms with Gasteiger partial charge in [0.15, 0.2) is 0 Å². The number of aliphatic hydroxyl groups excluding tert-OH is 1. The molecule has 1 atom stereocenters. The molecular formula is C12H22O2. The number of aldehydes is 1. The molecule has 0 heterocycles. The topological polar surface area (TPSA) is 37.3 Å². The maximum absolute atomic E-state index is 9.96. The van der Waals surface area contributed by atoms with Gasteiger partial charge in [-0.3, -0.25) is 4.79 Å². The molecule has 0 fully saturated rings. The summed E-state index contributed by atoms with van der Waals surface area (Å²) in [6.07, 6.45) is 11.3. The highest BCUT2D eigenvalue weighted by Crippen LogP contribution is 2.08. The Hall–Kier alpha value is -0.630. The molecule has 0 amide bonds. The number of unbranched alkanes of at least 4 members (excludes halogenated alkanes) is 5. The lowest BCUT2D eigenvalue weighted by molar-refractivity contribution is -0.104. The van der Waals surface area contributed by atoms with E-state index in [1.165, 1.54) is 38.2 Å². The van der Waals surface area contributed by atoms with Crippen molar-refractivity contribution >= 4 is 6.29 Å². The minimum absolute atomic E-state index is 0.439. The minimum atomic E-state index is -0.439. The average Bonchev–Trinajstić information content (AvgIpc) is 2.20. The molecule has 2 nitrogen and oxygen atoms in total. The lowest BCUT2D eigenvalue weighted by Crippen LogP contribution is -2.01. The Morgan fingerprint density at radius 1 is 1.14 bits per heavy atom. The number of rotatable bonds is 9. The van der Waals surface area contributed by atoms with E-state index in [4.69, 9.17) is 0 Å². The van der Waals surface area contributed by atoms with Crippen LogP contribution in [0.15, 0.2) is 12.2 Å². The van der Waals surface area contributed by atoms with Crippen molar-refractivity contribution in [1.29, 1.82) is 0 Å². The number of hydrogen-bond acceptors (Lipinski definition) is 2. The van der Waals surface area contributed by atoms with Crippen LogP contribution in [0, 0.1) is 0 Å². The smallest absolute Gasteiger partial charge is 0.142 e. The fourth-order valence-corrected chi connectivity index (χ4v) is 1.40. The first-order valence-corrected chi connectivity index (χ1v) is 5.61. The van der Waals surface area contributed by atoms with Gasteiger partial charge in [0, 0.05) is 0 Å². The third-order valence-electron chi connectivity index (χ3n) is 2.27. The van der Waals surface area contributed by atoms with Crippen molar-refractivity contribution in [3.63, 3.8) is 0 Å². The summed E-state index contributed by atoms with van der Waals surface area (Å²) in [5.41, 5.74) is 0. The van der Waals surface area contributed by atoms with Gasteiger partial charge in [-0.05, 0) is 12.5 Å². The van der Waals surface area contributed by atoms with Crippen LogP contribution in [0.1, 0.15) is 51.9 Å². The predicted octanol–water partition coefficient (Wildman–Crippen LogP) is 2.85. The van der Waals surface area contributed by atoms with E-state index in [1.54, 1.807) is 6.08 Å². The normalized spacial score (nSPS) is 13.3. The Balaban J connectivity index is 3.18. The standard InChI is InChI=1S/C12H22O2/c1-2-3-4-5-6-7-9-12(14)10-8-11-13/h8,10-12,14H,2-7,9H2,1H3/b10-8+. The van der Waals surface area contributed by atoms with Crippen molar-refractivity contribution in [2.75, 3.05) is 0 Å². The van der Waals surface area contributed by atoms with Crippen LogP contribution in [-0.4, -0.2) is 17.5 Å². The first-order valence-electron chi connectivity index (χ1n) is 5.61. The molecule has 0 bridgehead atoms. The average molecular weight is 198 g/mol.